The van der Waals surface area contributed by atoms with E-state index in [0.29, 0.717) is 11.7 Å². The van der Waals surface area contributed by atoms with Crippen LogP contribution in [-0.2, 0) is 15.0 Å². The van der Waals surface area contributed by atoms with E-state index < -0.39 is 17.8 Å². The van der Waals surface area contributed by atoms with Crippen molar-refractivity contribution in [2.75, 3.05) is 4.90 Å². The topological polar surface area (TPSA) is 71.4 Å². The first-order chi connectivity index (χ1) is 15.6. The van der Waals surface area contributed by atoms with Crippen LogP contribution in [0.3, 0.4) is 0 Å². The Bertz CT molecular complexity index is 1130. The summed E-state index contributed by atoms with van der Waals surface area (Å²) in [4.78, 5) is 39.5. The lowest BCUT2D eigenvalue weighted by atomic mass is 9.87. The van der Waals surface area contributed by atoms with E-state index in [4.69, 9.17) is 0 Å². The fraction of sp³-hybridized carbons (Fsp3) is 0.444. The quantitative estimate of drug-likeness (QED) is 0.494. The van der Waals surface area contributed by atoms with Crippen molar-refractivity contribution in [2.45, 2.75) is 78.2 Å². The fourth-order valence-electron chi connectivity index (χ4n) is 5.01. The number of imide groups is 2. The molecule has 0 unspecified atom stereocenters. The Morgan fingerprint density at radius 1 is 0.970 bits per heavy atom. The maximum Gasteiger partial charge on any atom is 0.335 e. The van der Waals surface area contributed by atoms with E-state index in [-0.39, 0.29) is 11.0 Å². The number of urea groups is 1. The van der Waals surface area contributed by atoms with Crippen molar-refractivity contribution in [3.63, 3.8) is 0 Å². The Morgan fingerprint density at radius 2 is 1.61 bits per heavy atom. The van der Waals surface area contributed by atoms with Gasteiger partial charge in [0.25, 0.3) is 11.8 Å². The van der Waals surface area contributed by atoms with E-state index in [9.17, 15) is 14.4 Å². The molecule has 4 amide bonds. The zero-order chi connectivity index (χ0) is 23.9. The highest BCUT2D eigenvalue weighted by Crippen LogP contribution is 2.33. The number of benzene rings is 1. The third-order valence-electron chi connectivity index (χ3n) is 6.86. The summed E-state index contributed by atoms with van der Waals surface area (Å²) in [6, 6.07) is 9.08. The van der Waals surface area contributed by atoms with Crippen molar-refractivity contribution in [1.29, 1.82) is 0 Å². The van der Waals surface area contributed by atoms with Crippen LogP contribution in [0.4, 0.5) is 10.5 Å². The average Bonchev–Trinajstić information content (AvgIpc) is 3.04. The molecule has 0 bridgehead atoms. The molecule has 0 atom stereocenters. The SMILES string of the molecule is Cc1cc(/C=C2/C(=O)NC(=O)N(c3ccc(C(C)(C)C)cc3)C2=O)c(C)n1C1CCCCC1. The van der Waals surface area contributed by atoms with Gasteiger partial charge in [0.15, 0.2) is 0 Å². The maximum absolute atomic E-state index is 13.3. The van der Waals surface area contributed by atoms with Crippen molar-refractivity contribution in [3.05, 3.63) is 58.4 Å². The Labute approximate surface area is 195 Å². The largest absolute Gasteiger partial charge is 0.346 e. The lowest BCUT2D eigenvalue weighted by molar-refractivity contribution is -0.122. The molecule has 6 nitrogen and oxygen atoms in total. The fourth-order valence-corrected chi connectivity index (χ4v) is 5.01. The molecule has 1 saturated carbocycles. The second kappa shape index (κ2) is 8.65. The van der Waals surface area contributed by atoms with Crippen LogP contribution in [0, 0.1) is 13.8 Å². The van der Waals surface area contributed by atoms with E-state index in [0.717, 1.165) is 40.3 Å². The van der Waals surface area contributed by atoms with Gasteiger partial charge in [0.05, 0.1) is 5.69 Å². The highest BCUT2D eigenvalue weighted by atomic mass is 16.2. The van der Waals surface area contributed by atoms with Crippen molar-refractivity contribution in [3.8, 4) is 0 Å². The number of amides is 4. The molecular weight excluding hydrogens is 414 g/mol. The highest BCUT2D eigenvalue weighted by molar-refractivity contribution is 6.39. The summed E-state index contributed by atoms with van der Waals surface area (Å²) < 4.78 is 2.34. The number of barbiturate groups is 1. The number of anilines is 1. The molecule has 2 aromatic rings. The van der Waals surface area contributed by atoms with Crippen molar-refractivity contribution < 1.29 is 14.4 Å². The van der Waals surface area contributed by atoms with E-state index >= 15 is 0 Å². The van der Waals surface area contributed by atoms with Crippen LogP contribution in [0.5, 0.6) is 0 Å². The second-order valence-corrected chi connectivity index (χ2v) is 10.2. The van der Waals surface area contributed by atoms with Gasteiger partial charge in [-0.1, -0.05) is 52.2 Å². The third-order valence-corrected chi connectivity index (χ3v) is 6.86. The van der Waals surface area contributed by atoms with Crippen LogP contribution < -0.4 is 10.2 Å². The number of nitrogens with zero attached hydrogens (tertiary/aromatic N) is 2. The predicted molar refractivity (Wildman–Crippen MR) is 130 cm³/mol. The predicted octanol–water partition coefficient (Wildman–Crippen LogP) is 5.57. The monoisotopic (exact) mass is 447 g/mol. The van der Waals surface area contributed by atoms with Gasteiger partial charge in [-0.3, -0.25) is 14.9 Å². The summed E-state index contributed by atoms with van der Waals surface area (Å²) in [5.41, 5.74) is 4.47. The molecule has 0 radical (unpaired) electrons. The lowest BCUT2D eigenvalue weighted by Crippen LogP contribution is -2.54. The van der Waals surface area contributed by atoms with Crippen molar-refractivity contribution in [1.82, 2.24) is 9.88 Å². The van der Waals surface area contributed by atoms with Crippen molar-refractivity contribution >= 4 is 29.6 Å². The van der Waals surface area contributed by atoms with Gasteiger partial charge in [-0.05, 0) is 67.5 Å². The number of aryl methyl sites for hydroxylation is 1. The molecule has 1 aromatic heterocycles. The number of nitrogens with one attached hydrogen (secondary N) is 1. The lowest BCUT2D eigenvalue weighted by Gasteiger charge is -2.27. The number of rotatable bonds is 3. The summed E-state index contributed by atoms with van der Waals surface area (Å²) >= 11 is 0. The minimum atomic E-state index is -0.724. The molecule has 174 valence electrons. The van der Waals surface area contributed by atoms with Gasteiger partial charge in [-0.15, -0.1) is 0 Å². The van der Waals surface area contributed by atoms with Crippen LogP contribution in [0.15, 0.2) is 35.9 Å². The smallest absolute Gasteiger partial charge is 0.335 e. The van der Waals surface area contributed by atoms with Gasteiger partial charge < -0.3 is 4.57 Å². The van der Waals surface area contributed by atoms with E-state index in [1.165, 1.54) is 19.3 Å². The minimum Gasteiger partial charge on any atom is -0.346 e. The summed E-state index contributed by atoms with van der Waals surface area (Å²) in [7, 11) is 0. The molecule has 6 heteroatoms. The number of carbonyl (C=O) groups is 3. The first-order valence-corrected chi connectivity index (χ1v) is 11.8. The van der Waals surface area contributed by atoms with Gasteiger partial charge in [0.1, 0.15) is 5.57 Å². The highest BCUT2D eigenvalue weighted by Gasteiger charge is 2.37. The standard InChI is InChI=1S/C27H33N3O3/c1-17-15-19(18(2)29(17)21-9-7-6-8-10-21)16-23-24(31)28-26(33)30(25(23)32)22-13-11-20(12-14-22)27(3,4)5/h11-16,21H,6-10H2,1-5H3,(H,28,31,33)/b23-16-. The summed E-state index contributed by atoms with van der Waals surface area (Å²) in [5.74, 6) is -1.26. The Balaban J connectivity index is 1.67. The summed E-state index contributed by atoms with van der Waals surface area (Å²) in [6.45, 7) is 10.4. The van der Waals surface area contributed by atoms with Crippen LogP contribution >= 0.6 is 0 Å². The van der Waals surface area contributed by atoms with Crippen molar-refractivity contribution in [2.24, 2.45) is 0 Å². The Hall–Kier alpha value is -3.15. The van der Waals surface area contributed by atoms with Gasteiger partial charge in [-0.25, -0.2) is 9.69 Å². The van der Waals surface area contributed by atoms with Gasteiger partial charge in [0.2, 0.25) is 0 Å². The molecule has 0 spiro atoms. The van der Waals surface area contributed by atoms with E-state index in [1.54, 1.807) is 18.2 Å². The maximum atomic E-state index is 13.3. The molecule has 33 heavy (non-hydrogen) atoms. The van der Waals surface area contributed by atoms with E-state index in [1.807, 2.05) is 25.1 Å². The molecule has 1 aliphatic carbocycles. The van der Waals surface area contributed by atoms with Crippen LogP contribution in [0.25, 0.3) is 6.08 Å². The zero-order valence-electron chi connectivity index (χ0n) is 20.2. The van der Waals surface area contributed by atoms with Crippen LogP contribution in [0.2, 0.25) is 0 Å². The van der Waals surface area contributed by atoms with E-state index in [2.05, 4.69) is 37.6 Å². The second-order valence-electron chi connectivity index (χ2n) is 10.2. The molecule has 2 fully saturated rings. The molecule has 1 saturated heterocycles. The number of aromatic nitrogens is 1. The summed E-state index contributed by atoms with van der Waals surface area (Å²) in [6.07, 6.45) is 7.66. The Morgan fingerprint density at radius 3 is 2.21 bits per heavy atom. The first kappa shape index (κ1) is 23.0. The average molecular weight is 448 g/mol. The van der Waals surface area contributed by atoms with Crippen LogP contribution in [0.1, 0.15) is 81.4 Å². The minimum absolute atomic E-state index is 0.0293. The summed E-state index contributed by atoms with van der Waals surface area (Å²) in [5, 5.41) is 2.33. The molecular formula is C27H33N3O3. The molecule has 1 aliphatic heterocycles. The number of hydrogen-bond donors (Lipinski definition) is 1. The number of hydrogen-bond acceptors (Lipinski definition) is 3. The zero-order valence-corrected chi connectivity index (χ0v) is 20.2. The molecule has 1 aromatic carbocycles. The normalized spacial score (nSPS) is 19.4. The van der Waals surface area contributed by atoms with Gasteiger partial charge in [-0.2, -0.15) is 0 Å². The number of carbonyl (C=O) groups excluding carboxylic acids is 3. The van der Waals surface area contributed by atoms with Gasteiger partial charge >= 0.3 is 6.03 Å². The Kier molecular flexibility index (Phi) is 6.04. The third kappa shape index (κ3) is 4.39. The molecule has 2 aliphatic rings. The molecule has 4 rings (SSSR count). The molecule has 2 heterocycles. The molecule has 1 N–H and O–H groups in total. The van der Waals surface area contributed by atoms with Gasteiger partial charge in [0, 0.05) is 17.4 Å². The first-order valence-electron chi connectivity index (χ1n) is 11.8. The van der Waals surface area contributed by atoms with Crippen LogP contribution in [-0.4, -0.2) is 22.4 Å².